The summed E-state index contributed by atoms with van der Waals surface area (Å²) in [6.07, 6.45) is 3.75. The van der Waals surface area contributed by atoms with Crippen LogP contribution in [-0.4, -0.2) is 29.8 Å². The van der Waals surface area contributed by atoms with E-state index in [4.69, 9.17) is 16.7 Å². The minimum absolute atomic E-state index is 0.0800. The number of nitrogens with zero attached hydrogens (tertiary/aromatic N) is 1. The average Bonchev–Trinajstić information content (AvgIpc) is 2.66. The van der Waals surface area contributed by atoms with Gasteiger partial charge in [0.25, 0.3) is 0 Å². The summed E-state index contributed by atoms with van der Waals surface area (Å²) >= 11 is 5.92. The van der Waals surface area contributed by atoms with Gasteiger partial charge in [-0.1, -0.05) is 43.5 Å². The predicted octanol–water partition coefficient (Wildman–Crippen LogP) is 4.81. The average molecular weight is 422 g/mol. The SMILES string of the molecule is CC1CCCC(N(Cc2ccc(C(=O)O)cc2)S(=O)(=O)c2ccc(Cl)cc2)C1. The summed E-state index contributed by atoms with van der Waals surface area (Å²) < 4.78 is 28.4. The van der Waals surface area contributed by atoms with Crippen molar-refractivity contribution in [3.05, 3.63) is 64.7 Å². The van der Waals surface area contributed by atoms with E-state index >= 15 is 0 Å². The molecule has 2 aromatic carbocycles. The molecule has 2 unspecified atom stereocenters. The third-order valence-electron chi connectivity index (χ3n) is 5.28. The molecule has 0 heterocycles. The molecule has 150 valence electrons. The molecular formula is C21H24ClNO4S. The van der Waals surface area contributed by atoms with Gasteiger partial charge in [0.15, 0.2) is 0 Å². The molecule has 1 fully saturated rings. The first-order valence-electron chi connectivity index (χ1n) is 9.37. The molecule has 7 heteroatoms. The standard InChI is InChI=1S/C21H24ClNO4S/c1-15-3-2-4-19(13-15)23(14-16-5-7-17(8-6-16)21(24)25)28(26,27)20-11-9-18(22)10-12-20/h5-12,15,19H,2-4,13-14H2,1H3,(H,24,25). The van der Waals surface area contributed by atoms with Crippen LogP contribution in [0.2, 0.25) is 5.02 Å². The molecule has 0 aromatic heterocycles. The van der Waals surface area contributed by atoms with E-state index in [1.807, 2.05) is 0 Å². The maximum absolute atomic E-state index is 13.4. The van der Waals surface area contributed by atoms with Crippen molar-refractivity contribution in [1.29, 1.82) is 0 Å². The molecule has 0 radical (unpaired) electrons. The van der Waals surface area contributed by atoms with Gasteiger partial charge in [0.1, 0.15) is 0 Å². The van der Waals surface area contributed by atoms with Crippen molar-refractivity contribution >= 4 is 27.6 Å². The van der Waals surface area contributed by atoms with Crippen LogP contribution < -0.4 is 0 Å². The molecule has 1 aliphatic carbocycles. The molecule has 0 bridgehead atoms. The minimum Gasteiger partial charge on any atom is -0.478 e. The Morgan fingerprint density at radius 2 is 1.75 bits per heavy atom. The van der Waals surface area contributed by atoms with Gasteiger partial charge in [0.2, 0.25) is 10.0 Å². The smallest absolute Gasteiger partial charge is 0.335 e. The number of halogens is 1. The Morgan fingerprint density at radius 1 is 1.11 bits per heavy atom. The number of carbonyl (C=O) groups is 1. The molecule has 0 spiro atoms. The van der Waals surface area contributed by atoms with Crippen molar-refractivity contribution in [2.75, 3.05) is 0 Å². The van der Waals surface area contributed by atoms with Crippen LogP contribution in [0, 0.1) is 5.92 Å². The van der Waals surface area contributed by atoms with Crippen LogP contribution in [0.5, 0.6) is 0 Å². The topological polar surface area (TPSA) is 74.7 Å². The van der Waals surface area contributed by atoms with Crippen molar-refractivity contribution in [3.8, 4) is 0 Å². The highest BCUT2D eigenvalue weighted by Crippen LogP contribution is 2.32. The second-order valence-electron chi connectivity index (χ2n) is 7.43. The van der Waals surface area contributed by atoms with Crippen molar-refractivity contribution in [3.63, 3.8) is 0 Å². The lowest BCUT2D eigenvalue weighted by molar-refractivity contribution is 0.0697. The van der Waals surface area contributed by atoms with E-state index in [1.54, 1.807) is 28.6 Å². The number of hydrogen-bond acceptors (Lipinski definition) is 3. The van der Waals surface area contributed by atoms with Crippen LogP contribution in [0.3, 0.4) is 0 Å². The number of sulfonamides is 1. The molecule has 0 aliphatic heterocycles. The Labute approximate surface area is 171 Å². The van der Waals surface area contributed by atoms with Crippen LogP contribution in [0.1, 0.15) is 48.5 Å². The quantitative estimate of drug-likeness (QED) is 0.726. The van der Waals surface area contributed by atoms with Gasteiger partial charge in [-0.3, -0.25) is 0 Å². The van der Waals surface area contributed by atoms with Gasteiger partial charge in [-0.25, -0.2) is 13.2 Å². The summed E-state index contributed by atoms with van der Waals surface area (Å²) in [6, 6.07) is 12.5. The van der Waals surface area contributed by atoms with Gasteiger partial charge >= 0.3 is 5.97 Å². The zero-order chi connectivity index (χ0) is 20.3. The van der Waals surface area contributed by atoms with Crippen LogP contribution in [0.4, 0.5) is 0 Å². The molecular weight excluding hydrogens is 398 g/mol. The Hall–Kier alpha value is -1.89. The van der Waals surface area contributed by atoms with Gasteiger partial charge in [-0.15, -0.1) is 0 Å². The zero-order valence-electron chi connectivity index (χ0n) is 15.7. The monoisotopic (exact) mass is 421 g/mol. The summed E-state index contributed by atoms with van der Waals surface area (Å²) in [4.78, 5) is 11.3. The first-order valence-corrected chi connectivity index (χ1v) is 11.2. The van der Waals surface area contributed by atoms with Crippen molar-refractivity contribution < 1.29 is 18.3 Å². The molecule has 3 rings (SSSR count). The molecule has 2 atom stereocenters. The van der Waals surface area contributed by atoms with Gasteiger partial charge in [0, 0.05) is 17.6 Å². The fourth-order valence-corrected chi connectivity index (χ4v) is 5.53. The van der Waals surface area contributed by atoms with Crippen molar-refractivity contribution in [2.45, 2.75) is 50.1 Å². The molecule has 1 N–H and O–H groups in total. The van der Waals surface area contributed by atoms with Gasteiger partial charge < -0.3 is 5.11 Å². The highest BCUT2D eigenvalue weighted by Gasteiger charge is 2.34. The molecule has 1 saturated carbocycles. The largest absolute Gasteiger partial charge is 0.478 e. The Bertz CT molecular complexity index is 926. The maximum Gasteiger partial charge on any atom is 0.335 e. The third-order valence-corrected chi connectivity index (χ3v) is 7.44. The first kappa shape index (κ1) is 20.8. The fourth-order valence-electron chi connectivity index (χ4n) is 3.75. The Morgan fingerprint density at radius 3 is 2.32 bits per heavy atom. The summed E-state index contributed by atoms with van der Waals surface area (Å²) in [5, 5.41) is 9.56. The second kappa shape index (κ2) is 8.64. The number of hydrogen-bond donors (Lipinski definition) is 1. The van der Waals surface area contributed by atoms with Gasteiger partial charge in [0.05, 0.1) is 10.5 Å². The number of rotatable bonds is 6. The lowest BCUT2D eigenvalue weighted by Gasteiger charge is -2.36. The van der Waals surface area contributed by atoms with Crippen molar-refractivity contribution in [2.24, 2.45) is 5.92 Å². The molecule has 0 saturated heterocycles. The summed E-state index contributed by atoms with van der Waals surface area (Å²) in [7, 11) is -3.71. The first-order chi connectivity index (χ1) is 13.3. The van der Waals surface area contributed by atoms with E-state index in [0.29, 0.717) is 10.9 Å². The van der Waals surface area contributed by atoms with E-state index in [1.165, 1.54) is 24.3 Å². The molecule has 5 nitrogen and oxygen atoms in total. The Kier molecular flexibility index (Phi) is 6.43. The van der Waals surface area contributed by atoms with Gasteiger partial charge in [-0.2, -0.15) is 4.31 Å². The van der Waals surface area contributed by atoms with E-state index in [0.717, 1.165) is 31.2 Å². The fraction of sp³-hybridized carbons (Fsp3) is 0.381. The lowest BCUT2D eigenvalue weighted by Crippen LogP contribution is -2.42. The lowest BCUT2D eigenvalue weighted by atomic mass is 9.87. The highest BCUT2D eigenvalue weighted by atomic mass is 35.5. The van der Waals surface area contributed by atoms with E-state index in [2.05, 4.69) is 6.92 Å². The van der Waals surface area contributed by atoms with E-state index in [9.17, 15) is 13.2 Å². The summed E-state index contributed by atoms with van der Waals surface area (Å²) in [6.45, 7) is 2.36. The number of carboxylic acid groups (broad SMARTS) is 1. The van der Waals surface area contributed by atoms with Crippen LogP contribution in [0.25, 0.3) is 0 Å². The van der Waals surface area contributed by atoms with E-state index in [-0.39, 0.29) is 23.0 Å². The Balaban J connectivity index is 1.94. The normalized spacial score (nSPS) is 20.2. The number of carboxylic acids is 1. The number of benzene rings is 2. The number of aromatic carboxylic acids is 1. The van der Waals surface area contributed by atoms with Crippen molar-refractivity contribution in [1.82, 2.24) is 4.31 Å². The van der Waals surface area contributed by atoms with Crippen LogP contribution in [0.15, 0.2) is 53.4 Å². The predicted molar refractivity (Wildman–Crippen MR) is 109 cm³/mol. The molecule has 2 aromatic rings. The maximum atomic E-state index is 13.4. The summed E-state index contributed by atoms with van der Waals surface area (Å²) in [5.41, 5.74) is 0.947. The second-order valence-corrected chi connectivity index (χ2v) is 9.76. The molecule has 0 amide bonds. The summed E-state index contributed by atoms with van der Waals surface area (Å²) in [5.74, 6) is -0.533. The molecule has 28 heavy (non-hydrogen) atoms. The minimum atomic E-state index is -3.71. The van der Waals surface area contributed by atoms with Crippen LogP contribution >= 0.6 is 11.6 Å². The highest BCUT2D eigenvalue weighted by molar-refractivity contribution is 7.89. The van der Waals surface area contributed by atoms with E-state index < -0.39 is 16.0 Å². The third kappa shape index (κ3) is 4.74. The van der Waals surface area contributed by atoms with Gasteiger partial charge in [-0.05, 0) is 60.7 Å². The molecule has 1 aliphatic rings. The zero-order valence-corrected chi connectivity index (χ0v) is 17.3. The van der Waals surface area contributed by atoms with Crippen LogP contribution in [-0.2, 0) is 16.6 Å².